The Morgan fingerprint density at radius 2 is 1.81 bits per heavy atom. The number of rotatable bonds is 2. The number of fused-ring (bicyclic) bond motifs is 1. The van der Waals surface area contributed by atoms with Crippen LogP contribution in [0.15, 0.2) is 64.4 Å². The molecule has 3 rings (SSSR count). The number of thioether (sulfide) groups is 1. The molecule has 1 aliphatic rings. The molecule has 1 N–H and O–H groups in total. The average Bonchev–Trinajstić information content (AvgIpc) is 2.48. The van der Waals surface area contributed by atoms with Crippen molar-refractivity contribution in [3.63, 3.8) is 0 Å². The molecule has 0 radical (unpaired) electrons. The lowest BCUT2D eigenvalue weighted by Crippen LogP contribution is -2.18. The summed E-state index contributed by atoms with van der Waals surface area (Å²) in [4.78, 5) is 25.6. The number of allylic oxidation sites excluding steroid dienone is 1. The van der Waals surface area contributed by atoms with Crippen LogP contribution in [0, 0.1) is 6.92 Å². The third-order valence-corrected chi connectivity index (χ3v) is 4.28. The van der Waals surface area contributed by atoms with Crippen LogP contribution in [-0.4, -0.2) is 11.7 Å². The first-order valence-corrected chi connectivity index (χ1v) is 7.36. The lowest BCUT2D eigenvalue weighted by molar-refractivity contribution is -0.112. The Morgan fingerprint density at radius 3 is 2.57 bits per heavy atom. The van der Waals surface area contributed by atoms with E-state index in [0.29, 0.717) is 10.5 Å². The predicted molar refractivity (Wildman–Crippen MR) is 84.5 cm³/mol. The van der Waals surface area contributed by atoms with Gasteiger partial charge in [0.25, 0.3) is 5.91 Å². The van der Waals surface area contributed by atoms with Gasteiger partial charge in [0.15, 0.2) is 5.78 Å². The highest BCUT2D eigenvalue weighted by atomic mass is 32.2. The summed E-state index contributed by atoms with van der Waals surface area (Å²) in [5.74, 6) is -0.397. The summed E-state index contributed by atoms with van der Waals surface area (Å²) in [6.45, 7) is 1.97. The summed E-state index contributed by atoms with van der Waals surface area (Å²) < 4.78 is 0. The van der Waals surface area contributed by atoms with E-state index in [4.69, 9.17) is 0 Å². The number of para-hydroxylation sites is 1. The molecule has 21 heavy (non-hydrogen) atoms. The molecule has 0 unspecified atom stereocenters. The Bertz CT molecular complexity index is 748. The molecule has 2 aromatic rings. The summed E-state index contributed by atoms with van der Waals surface area (Å²) in [7, 11) is 0. The van der Waals surface area contributed by atoms with E-state index in [-0.39, 0.29) is 11.7 Å². The van der Waals surface area contributed by atoms with E-state index >= 15 is 0 Å². The molecule has 104 valence electrons. The van der Waals surface area contributed by atoms with Gasteiger partial charge in [-0.3, -0.25) is 9.59 Å². The molecule has 1 amide bonds. The van der Waals surface area contributed by atoms with Crippen molar-refractivity contribution in [1.29, 1.82) is 0 Å². The van der Waals surface area contributed by atoms with Crippen molar-refractivity contribution < 1.29 is 9.59 Å². The number of ketones is 1. The van der Waals surface area contributed by atoms with Gasteiger partial charge in [0.1, 0.15) is 0 Å². The van der Waals surface area contributed by atoms with Crippen LogP contribution in [0.5, 0.6) is 0 Å². The quantitative estimate of drug-likeness (QED) is 0.677. The van der Waals surface area contributed by atoms with Crippen LogP contribution in [0.3, 0.4) is 0 Å². The highest BCUT2D eigenvalue weighted by Gasteiger charge is 2.21. The van der Waals surface area contributed by atoms with Gasteiger partial charge in [-0.2, -0.15) is 0 Å². The van der Waals surface area contributed by atoms with Crippen LogP contribution in [0.2, 0.25) is 0 Å². The molecule has 0 saturated heterocycles. The summed E-state index contributed by atoms with van der Waals surface area (Å²) >= 11 is 1.32. The lowest BCUT2D eigenvalue weighted by atomic mass is 10.1. The molecular weight excluding hydrogens is 282 g/mol. The number of benzene rings is 2. The third-order valence-electron chi connectivity index (χ3n) is 3.18. The molecule has 3 nitrogen and oxygen atoms in total. The number of carbonyl (C=O) groups is 2. The SMILES string of the molecule is Cc1ccc(C(=O)C=C2Sc3ccccc3NC2=O)cc1. The van der Waals surface area contributed by atoms with Crippen molar-refractivity contribution in [2.24, 2.45) is 0 Å². The van der Waals surface area contributed by atoms with Gasteiger partial charge >= 0.3 is 0 Å². The van der Waals surface area contributed by atoms with Crippen molar-refractivity contribution in [2.45, 2.75) is 11.8 Å². The summed E-state index contributed by atoms with van der Waals surface area (Å²) in [6.07, 6.45) is 1.40. The Balaban J connectivity index is 1.88. The summed E-state index contributed by atoms with van der Waals surface area (Å²) in [5, 5.41) is 2.80. The van der Waals surface area contributed by atoms with E-state index in [1.54, 1.807) is 12.1 Å². The Morgan fingerprint density at radius 1 is 1.10 bits per heavy atom. The van der Waals surface area contributed by atoms with Crippen molar-refractivity contribution in [1.82, 2.24) is 0 Å². The van der Waals surface area contributed by atoms with Crippen molar-refractivity contribution in [3.8, 4) is 0 Å². The highest BCUT2D eigenvalue weighted by molar-refractivity contribution is 8.04. The minimum Gasteiger partial charge on any atom is -0.320 e. The zero-order valence-electron chi connectivity index (χ0n) is 11.4. The van der Waals surface area contributed by atoms with Crippen LogP contribution in [0.25, 0.3) is 0 Å². The molecule has 0 aliphatic carbocycles. The zero-order chi connectivity index (χ0) is 14.8. The van der Waals surface area contributed by atoms with Gasteiger partial charge in [0, 0.05) is 16.5 Å². The zero-order valence-corrected chi connectivity index (χ0v) is 12.2. The second-order valence-corrected chi connectivity index (χ2v) is 5.87. The van der Waals surface area contributed by atoms with Crippen LogP contribution in [0.1, 0.15) is 15.9 Å². The minimum atomic E-state index is -0.237. The van der Waals surface area contributed by atoms with Crippen LogP contribution in [0.4, 0.5) is 5.69 Å². The highest BCUT2D eigenvalue weighted by Crippen LogP contribution is 2.37. The van der Waals surface area contributed by atoms with Gasteiger partial charge in [-0.1, -0.05) is 53.7 Å². The first-order chi connectivity index (χ1) is 10.1. The average molecular weight is 295 g/mol. The summed E-state index contributed by atoms with van der Waals surface area (Å²) in [5.41, 5.74) is 2.46. The maximum absolute atomic E-state index is 12.2. The van der Waals surface area contributed by atoms with E-state index in [1.165, 1.54) is 17.8 Å². The first-order valence-electron chi connectivity index (χ1n) is 6.54. The van der Waals surface area contributed by atoms with Crippen molar-refractivity contribution in [3.05, 3.63) is 70.6 Å². The molecule has 0 aromatic heterocycles. The first kappa shape index (κ1) is 13.6. The molecule has 0 atom stereocenters. The van der Waals surface area contributed by atoms with Gasteiger partial charge in [-0.25, -0.2) is 0 Å². The van der Waals surface area contributed by atoms with E-state index < -0.39 is 0 Å². The number of hydrogen-bond acceptors (Lipinski definition) is 3. The van der Waals surface area contributed by atoms with Crippen molar-refractivity contribution >= 4 is 29.1 Å². The summed E-state index contributed by atoms with van der Waals surface area (Å²) in [6, 6.07) is 14.9. The standard InChI is InChI=1S/C17H13NO2S/c1-11-6-8-12(9-7-11)14(19)10-16-17(20)18-13-4-2-3-5-15(13)21-16/h2-10H,1H3,(H,18,20). The van der Waals surface area contributed by atoms with Crippen LogP contribution < -0.4 is 5.32 Å². The molecule has 1 aliphatic heterocycles. The van der Waals surface area contributed by atoms with Crippen molar-refractivity contribution in [2.75, 3.05) is 5.32 Å². The predicted octanol–water partition coefficient (Wildman–Crippen LogP) is 3.81. The number of anilines is 1. The maximum Gasteiger partial charge on any atom is 0.262 e. The molecule has 0 saturated carbocycles. The fraction of sp³-hybridized carbons (Fsp3) is 0.0588. The number of aryl methyl sites for hydroxylation is 1. The molecular formula is C17H13NO2S. The van der Waals surface area contributed by atoms with Gasteiger partial charge in [-0.05, 0) is 19.1 Å². The van der Waals surface area contributed by atoms with Gasteiger partial charge in [0.05, 0.1) is 10.6 Å². The van der Waals surface area contributed by atoms with E-state index in [2.05, 4.69) is 5.32 Å². The molecule has 0 bridgehead atoms. The van der Waals surface area contributed by atoms with Gasteiger partial charge in [-0.15, -0.1) is 0 Å². The smallest absolute Gasteiger partial charge is 0.262 e. The number of carbonyl (C=O) groups excluding carboxylic acids is 2. The van der Waals surface area contributed by atoms with Crippen LogP contribution in [-0.2, 0) is 4.79 Å². The van der Waals surface area contributed by atoms with E-state index in [9.17, 15) is 9.59 Å². The lowest BCUT2D eigenvalue weighted by Gasteiger charge is -2.17. The Labute approximate surface area is 127 Å². The normalized spacial score (nSPS) is 15.5. The second kappa shape index (κ2) is 5.58. The van der Waals surface area contributed by atoms with E-state index in [1.807, 2.05) is 43.3 Å². The Kier molecular flexibility index (Phi) is 3.62. The molecule has 4 heteroatoms. The monoisotopic (exact) mass is 295 g/mol. The molecule has 0 spiro atoms. The Hall–Kier alpha value is -2.33. The molecule has 2 aromatic carbocycles. The molecule has 1 heterocycles. The number of amides is 1. The van der Waals surface area contributed by atoms with Gasteiger partial charge < -0.3 is 5.32 Å². The fourth-order valence-electron chi connectivity index (χ4n) is 2.02. The number of hydrogen-bond donors (Lipinski definition) is 1. The third kappa shape index (κ3) is 2.90. The molecule has 0 fully saturated rings. The second-order valence-electron chi connectivity index (χ2n) is 4.79. The minimum absolute atomic E-state index is 0.160. The largest absolute Gasteiger partial charge is 0.320 e. The fourth-order valence-corrected chi connectivity index (χ4v) is 2.95. The van der Waals surface area contributed by atoms with Crippen LogP contribution >= 0.6 is 11.8 Å². The maximum atomic E-state index is 12.2. The topological polar surface area (TPSA) is 46.2 Å². The number of nitrogens with one attached hydrogen (secondary N) is 1. The van der Waals surface area contributed by atoms with Gasteiger partial charge in [0.2, 0.25) is 0 Å². The van der Waals surface area contributed by atoms with E-state index in [0.717, 1.165) is 16.1 Å².